The lowest BCUT2D eigenvalue weighted by Crippen LogP contribution is -2.40. The van der Waals surface area contributed by atoms with Crippen LogP contribution in [0.5, 0.6) is 5.75 Å². The average Bonchev–Trinajstić information content (AvgIpc) is 2.61. The lowest BCUT2D eigenvalue weighted by atomic mass is 10.1. The summed E-state index contributed by atoms with van der Waals surface area (Å²) in [5, 5.41) is 0. The zero-order chi connectivity index (χ0) is 22.0. The van der Waals surface area contributed by atoms with Crippen molar-refractivity contribution in [1.82, 2.24) is 4.72 Å². The highest BCUT2D eigenvalue weighted by Crippen LogP contribution is 2.28. The summed E-state index contributed by atoms with van der Waals surface area (Å²) in [7, 11) is -2.70. The van der Waals surface area contributed by atoms with E-state index in [-0.39, 0.29) is 21.8 Å². The van der Waals surface area contributed by atoms with Crippen LogP contribution in [0.2, 0.25) is 0 Å². The number of rotatable bonds is 6. The van der Waals surface area contributed by atoms with Crippen molar-refractivity contribution >= 4 is 16.0 Å². The van der Waals surface area contributed by atoms with Crippen LogP contribution in [0.3, 0.4) is 0 Å². The Balaban J connectivity index is 2.35. The molecule has 2 aromatic rings. The minimum Gasteiger partial charge on any atom is -0.495 e. The molecular formula is C20H23F2NO5S. The molecule has 0 spiro atoms. The van der Waals surface area contributed by atoms with E-state index in [1.54, 1.807) is 20.8 Å². The number of methoxy groups -OCH3 is 1. The average molecular weight is 427 g/mol. The number of hydrogen-bond donors (Lipinski definition) is 1. The van der Waals surface area contributed by atoms with Gasteiger partial charge < -0.3 is 9.47 Å². The lowest BCUT2D eigenvalue weighted by molar-refractivity contribution is 0.0330. The first-order valence-corrected chi connectivity index (χ1v) is 10.2. The van der Waals surface area contributed by atoms with Crippen molar-refractivity contribution in [1.29, 1.82) is 0 Å². The van der Waals surface area contributed by atoms with Gasteiger partial charge in [0, 0.05) is 11.1 Å². The van der Waals surface area contributed by atoms with Crippen molar-refractivity contribution in [2.75, 3.05) is 7.11 Å². The monoisotopic (exact) mass is 427 g/mol. The van der Waals surface area contributed by atoms with Gasteiger partial charge in [-0.25, -0.2) is 26.7 Å². The maximum atomic E-state index is 13.9. The smallest absolute Gasteiger partial charge is 0.338 e. The summed E-state index contributed by atoms with van der Waals surface area (Å²) in [6.45, 7) is 6.40. The van der Waals surface area contributed by atoms with Crippen molar-refractivity contribution < 1.29 is 31.5 Å². The van der Waals surface area contributed by atoms with Gasteiger partial charge in [-0.3, -0.25) is 0 Å². The van der Waals surface area contributed by atoms with Gasteiger partial charge in [0.25, 0.3) is 0 Å². The van der Waals surface area contributed by atoms with E-state index in [1.807, 2.05) is 0 Å². The molecule has 1 N–H and O–H groups in total. The maximum absolute atomic E-state index is 13.9. The van der Waals surface area contributed by atoms with Crippen molar-refractivity contribution in [2.45, 2.75) is 44.2 Å². The molecule has 1 atom stereocenters. The van der Waals surface area contributed by atoms with Gasteiger partial charge in [-0.05, 0) is 64.1 Å². The van der Waals surface area contributed by atoms with E-state index in [4.69, 9.17) is 9.47 Å². The van der Waals surface area contributed by atoms with Gasteiger partial charge in [0.2, 0.25) is 10.0 Å². The Morgan fingerprint density at radius 2 is 1.76 bits per heavy atom. The van der Waals surface area contributed by atoms with E-state index < -0.39 is 39.3 Å². The first kappa shape index (κ1) is 22.8. The van der Waals surface area contributed by atoms with Crippen molar-refractivity contribution in [3.8, 4) is 5.75 Å². The highest BCUT2D eigenvalue weighted by atomic mass is 32.2. The zero-order valence-corrected chi connectivity index (χ0v) is 17.6. The van der Waals surface area contributed by atoms with Crippen LogP contribution in [0.25, 0.3) is 0 Å². The van der Waals surface area contributed by atoms with E-state index in [0.29, 0.717) is 0 Å². The molecule has 0 aromatic heterocycles. The number of nitrogens with one attached hydrogen (secondary N) is 1. The largest absolute Gasteiger partial charge is 0.495 e. The van der Waals surface area contributed by atoms with E-state index in [2.05, 4.69) is 4.72 Å². The summed E-state index contributed by atoms with van der Waals surface area (Å²) in [5.41, 5.74) is -0.970. The van der Waals surface area contributed by atoms with Gasteiger partial charge >= 0.3 is 5.97 Å². The van der Waals surface area contributed by atoms with Gasteiger partial charge in [-0.15, -0.1) is 0 Å². The standard InChI is InChI=1S/C20H23F2NO5S/c1-12(15-11-14(21)7-8-16(15)22)28-19(24)13-6-9-17(27-5)18(10-13)29(25,26)23-20(2,3)4/h6-12,23H,1-5H3. The Bertz CT molecular complexity index is 1020. The number of sulfonamides is 1. The number of hydrogen-bond acceptors (Lipinski definition) is 5. The molecule has 2 aromatic carbocycles. The van der Waals surface area contributed by atoms with Crippen LogP contribution in [0.15, 0.2) is 41.3 Å². The van der Waals surface area contributed by atoms with Gasteiger partial charge in [0.1, 0.15) is 28.4 Å². The fourth-order valence-electron chi connectivity index (χ4n) is 2.59. The molecule has 6 nitrogen and oxygen atoms in total. The molecule has 9 heteroatoms. The lowest BCUT2D eigenvalue weighted by Gasteiger charge is -2.21. The van der Waals surface area contributed by atoms with Gasteiger partial charge in [0.15, 0.2) is 0 Å². The summed E-state index contributed by atoms with van der Waals surface area (Å²) in [5.74, 6) is -2.24. The molecule has 2 rings (SSSR count). The molecule has 0 bridgehead atoms. The number of benzene rings is 2. The number of halogens is 2. The van der Waals surface area contributed by atoms with E-state index in [1.165, 1.54) is 26.2 Å². The van der Waals surface area contributed by atoms with Gasteiger partial charge in [0.05, 0.1) is 12.7 Å². The minimum absolute atomic E-state index is 0.0440. The molecule has 0 amide bonds. The number of ether oxygens (including phenoxy) is 2. The van der Waals surface area contributed by atoms with Crippen molar-refractivity contribution in [3.63, 3.8) is 0 Å². The zero-order valence-electron chi connectivity index (χ0n) is 16.7. The van der Waals surface area contributed by atoms with E-state index in [9.17, 15) is 22.0 Å². The van der Waals surface area contributed by atoms with Crippen LogP contribution in [0.1, 0.15) is 49.7 Å². The Morgan fingerprint density at radius 1 is 1.10 bits per heavy atom. The molecular weight excluding hydrogens is 404 g/mol. The molecule has 0 saturated carbocycles. The summed E-state index contributed by atoms with van der Waals surface area (Å²) >= 11 is 0. The molecule has 0 aliphatic rings. The predicted octanol–water partition coefficient (Wildman–Crippen LogP) is 3.97. The molecule has 0 heterocycles. The molecule has 0 fully saturated rings. The second kappa shape index (κ2) is 8.46. The van der Waals surface area contributed by atoms with Gasteiger partial charge in [-0.2, -0.15) is 0 Å². The summed E-state index contributed by atoms with van der Waals surface area (Å²) < 4.78 is 65.4. The molecule has 0 aliphatic heterocycles. The second-order valence-electron chi connectivity index (χ2n) is 7.43. The Labute approximate surface area is 168 Å². The Hall–Kier alpha value is -2.52. The second-order valence-corrected chi connectivity index (χ2v) is 9.09. The molecule has 158 valence electrons. The van der Waals surface area contributed by atoms with Crippen LogP contribution in [-0.4, -0.2) is 27.0 Å². The van der Waals surface area contributed by atoms with E-state index in [0.717, 1.165) is 24.3 Å². The quantitative estimate of drug-likeness (QED) is 0.706. The first-order valence-electron chi connectivity index (χ1n) is 8.72. The third kappa shape index (κ3) is 5.74. The highest BCUT2D eigenvalue weighted by molar-refractivity contribution is 7.89. The SMILES string of the molecule is COc1ccc(C(=O)OC(C)c2cc(F)ccc2F)cc1S(=O)(=O)NC(C)(C)C. The van der Waals surface area contributed by atoms with Crippen molar-refractivity contribution in [3.05, 3.63) is 59.2 Å². The summed E-state index contributed by atoms with van der Waals surface area (Å²) in [6.07, 6.45) is -1.09. The maximum Gasteiger partial charge on any atom is 0.338 e. The molecule has 29 heavy (non-hydrogen) atoms. The van der Waals surface area contributed by atoms with Crippen LogP contribution in [-0.2, 0) is 14.8 Å². The fraction of sp³-hybridized carbons (Fsp3) is 0.350. The number of carbonyl (C=O) groups excluding carboxylic acids is 1. The number of esters is 1. The van der Waals surface area contributed by atoms with Crippen LogP contribution >= 0.6 is 0 Å². The minimum atomic E-state index is -4.00. The third-order valence-electron chi connectivity index (χ3n) is 3.81. The molecule has 1 unspecified atom stereocenters. The molecule has 0 radical (unpaired) electrons. The van der Waals surface area contributed by atoms with Crippen molar-refractivity contribution in [2.24, 2.45) is 0 Å². The molecule has 0 saturated heterocycles. The Morgan fingerprint density at radius 3 is 2.34 bits per heavy atom. The highest BCUT2D eigenvalue weighted by Gasteiger charge is 2.27. The predicted molar refractivity (Wildman–Crippen MR) is 103 cm³/mol. The fourth-order valence-corrected chi connectivity index (χ4v) is 4.20. The topological polar surface area (TPSA) is 81.7 Å². The molecule has 0 aliphatic carbocycles. The third-order valence-corrected chi connectivity index (χ3v) is 5.59. The first-order chi connectivity index (χ1) is 13.3. The van der Waals surface area contributed by atoms with Crippen LogP contribution in [0.4, 0.5) is 8.78 Å². The summed E-state index contributed by atoms with van der Waals surface area (Å²) in [6, 6.07) is 6.59. The summed E-state index contributed by atoms with van der Waals surface area (Å²) in [4.78, 5) is 12.3. The normalized spacial score (nSPS) is 13.1. The van der Waals surface area contributed by atoms with E-state index >= 15 is 0 Å². The van der Waals surface area contributed by atoms with Crippen LogP contribution in [0, 0.1) is 11.6 Å². The van der Waals surface area contributed by atoms with Gasteiger partial charge in [-0.1, -0.05) is 0 Å². The number of carbonyl (C=O) groups is 1. The van der Waals surface area contributed by atoms with Crippen LogP contribution < -0.4 is 9.46 Å². The Kier molecular flexibility index (Phi) is 6.64.